The summed E-state index contributed by atoms with van der Waals surface area (Å²) in [5, 5.41) is 3.89. The van der Waals surface area contributed by atoms with E-state index < -0.39 is 10.8 Å². The number of hydrogen-bond donors (Lipinski definition) is 1. The zero-order chi connectivity index (χ0) is 12.1. The summed E-state index contributed by atoms with van der Waals surface area (Å²) in [4.78, 5) is 0. The van der Waals surface area contributed by atoms with Crippen molar-refractivity contribution in [2.24, 2.45) is 11.8 Å². The Kier molecular flexibility index (Phi) is 5.98. The van der Waals surface area contributed by atoms with Gasteiger partial charge in [0.1, 0.15) is 0 Å². The maximum absolute atomic E-state index is 12.2. The molecule has 3 atom stereocenters. The monoisotopic (exact) mass is 245 g/mol. The Morgan fingerprint density at radius 3 is 2.38 bits per heavy atom. The quantitative estimate of drug-likeness (QED) is 0.712. The molecule has 96 valence electrons. The van der Waals surface area contributed by atoms with Gasteiger partial charge in [-0.05, 0) is 37.6 Å². The Balaban J connectivity index is 2.38. The van der Waals surface area contributed by atoms with E-state index >= 15 is 0 Å². The van der Waals surface area contributed by atoms with Crippen LogP contribution in [0, 0.1) is 11.8 Å². The molecule has 3 unspecified atom stereocenters. The molecule has 2 nitrogen and oxygen atoms in total. The fraction of sp³-hybridized carbons (Fsp3) is 1.00. The van der Waals surface area contributed by atoms with Gasteiger partial charge in [0, 0.05) is 27.8 Å². The van der Waals surface area contributed by atoms with Crippen LogP contribution in [0.15, 0.2) is 0 Å². The van der Waals surface area contributed by atoms with Gasteiger partial charge in [-0.15, -0.1) is 0 Å². The topological polar surface area (TPSA) is 29.1 Å². The minimum atomic E-state index is -0.672. The minimum Gasteiger partial charge on any atom is -0.313 e. The van der Waals surface area contributed by atoms with Crippen molar-refractivity contribution in [3.63, 3.8) is 0 Å². The molecule has 0 spiro atoms. The fourth-order valence-electron chi connectivity index (χ4n) is 1.82. The standard InChI is InChI=1S/C13H27NOS/c1-5-8-14-13(12-6-7-12)9-16(15)11(4)10(2)3/h10-14H,5-9H2,1-4H3. The number of rotatable bonds is 8. The molecule has 0 aliphatic heterocycles. The second-order valence-electron chi connectivity index (χ2n) is 5.39. The molecular formula is C13H27NOS. The molecule has 1 aliphatic rings. The largest absolute Gasteiger partial charge is 0.313 e. The van der Waals surface area contributed by atoms with Gasteiger partial charge in [0.15, 0.2) is 0 Å². The molecule has 16 heavy (non-hydrogen) atoms. The maximum atomic E-state index is 12.2. The summed E-state index contributed by atoms with van der Waals surface area (Å²) >= 11 is 0. The van der Waals surface area contributed by atoms with E-state index in [2.05, 4.69) is 33.0 Å². The predicted octanol–water partition coefficient (Wildman–Crippen LogP) is 2.56. The van der Waals surface area contributed by atoms with Gasteiger partial charge < -0.3 is 5.32 Å². The van der Waals surface area contributed by atoms with Crippen LogP contribution >= 0.6 is 0 Å². The van der Waals surface area contributed by atoms with Gasteiger partial charge in [0.2, 0.25) is 0 Å². The van der Waals surface area contributed by atoms with Crippen LogP contribution in [0.4, 0.5) is 0 Å². The first-order valence-electron chi connectivity index (χ1n) is 6.66. The van der Waals surface area contributed by atoms with Crippen molar-refractivity contribution >= 4 is 10.8 Å². The Labute approximate surface area is 103 Å². The molecule has 0 aromatic carbocycles. The Morgan fingerprint density at radius 2 is 1.94 bits per heavy atom. The highest BCUT2D eigenvalue weighted by molar-refractivity contribution is 7.85. The van der Waals surface area contributed by atoms with Crippen molar-refractivity contribution in [3.8, 4) is 0 Å². The van der Waals surface area contributed by atoms with E-state index in [1.807, 2.05) is 0 Å². The molecule has 0 bridgehead atoms. The van der Waals surface area contributed by atoms with Crippen LogP contribution in [0.1, 0.15) is 47.0 Å². The van der Waals surface area contributed by atoms with Gasteiger partial charge in [0.05, 0.1) is 0 Å². The van der Waals surface area contributed by atoms with Crippen molar-refractivity contribution in [2.45, 2.75) is 58.2 Å². The average molecular weight is 245 g/mol. The summed E-state index contributed by atoms with van der Waals surface area (Å²) < 4.78 is 12.2. The normalized spacial score (nSPS) is 22.1. The molecule has 0 aromatic rings. The third kappa shape index (κ3) is 4.54. The highest BCUT2D eigenvalue weighted by atomic mass is 32.2. The summed E-state index contributed by atoms with van der Waals surface area (Å²) in [5.74, 6) is 2.17. The molecule has 3 heteroatoms. The Bertz CT molecular complexity index is 226. The molecule has 0 saturated heterocycles. The SMILES string of the molecule is CCCNC(CS(=O)C(C)C(C)C)C1CC1. The van der Waals surface area contributed by atoms with Gasteiger partial charge in [-0.1, -0.05) is 27.7 Å². The van der Waals surface area contributed by atoms with Crippen molar-refractivity contribution in [1.29, 1.82) is 0 Å². The fourth-order valence-corrected chi connectivity index (χ4v) is 3.48. The molecule has 0 heterocycles. The molecule has 1 rings (SSSR count). The van der Waals surface area contributed by atoms with Crippen molar-refractivity contribution in [2.75, 3.05) is 12.3 Å². The first-order chi connectivity index (χ1) is 7.56. The van der Waals surface area contributed by atoms with Gasteiger partial charge in [-0.25, -0.2) is 0 Å². The summed E-state index contributed by atoms with van der Waals surface area (Å²) in [6.07, 6.45) is 3.82. The lowest BCUT2D eigenvalue weighted by molar-refractivity contribution is 0.495. The third-order valence-electron chi connectivity index (χ3n) is 3.54. The van der Waals surface area contributed by atoms with Gasteiger partial charge in [-0.2, -0.15) is 0 Å². The smallest absolute Gasteiger partial charge is 0.0394 e. The van der Waals surface area contributed by atoms with Gasteiger partial charge in [0.25, 0.3) is 0 Å². The second-order valence-corrected chi connectivity index (χ2v) is 7.23. The van der Waals surface area contributed by atoms with Gasteiger partial charge in [-0.3, -0.25) is 4.21 Å². The Hall–Kier alpha value is 0.110. The zero-order valence-electron chi connectivity index (χ0n) is 11.2. The second kappa shape index (κ2) is 6.75. The van der Waals surface area contributed by atoms with Crippen LogP contribution in [0.25, 0.3) is 0 Å². The predicted molar refractivity (Wildman–Crippen MR) is 72.1 cm³/mol. The van der Waals surface area contributed by atoms with Crippen LogP contribution in [0.3, 0.4) is 0 Å². The van der Waals surface area contributed by atoms with Crippen LogP contribution in [0.2, 0.25) is 0 Å². The molecule has 0 radical (unpaired) electrons. The van der Waals surface area contributed by atoms with E-state index in [1.165, 1.54) is 12.8 Å². The first-order valence-corrected chi connectivity index (χ1v) is 8.05. The molecular weight excluding hydrogens is 218 g/mol. The van der Waals surface area contributed by atoms with Crippen molar-refractivity contribution in [3.05, 3.63) is 0 Å². The van der Waals surface area contributed by atoms with E-state index in [0.29, 0.717) is 17.2 Å². The summed E-state index contributed by atoms with van der Waals surface area (Å²) in [6, 6.07) is 0.502. The summed E-state index contributed by atoms with van der Waals surface area (Å²) in [5.41, 5.74) is 0. The lowest BCUT2D eigenvalue weighted by atomic mass is 10.2. The van der Waals surface area contributed by atoms with Crippen LogP contribution in [0.5, 0.6) is 0 Å². The average Bonchev–Trinajstić information content (AvgIpc) is 3.06. The summed E-state index contributed by atoms with van der Waals surface area (Å²) in [7, 11) is -0.672. The lowest BCUT2D eigenvalue weighted by Crippen LogP contribution is -2.38. The maximum Gasteiger partial charge on any atom is 0.0394 e. The zero-order valence-corrected chi connectivity index (χ0v) is 12.0. The first kappa shape index (κ1) is 14.2. The summed E-state index contributed by atoms with van der Waals surface area (Å²) in [6.45, 7) is 9.69. The van der Waals surface area contributed by atoms with E-state index in [4.69, 9.17) is 0 Å². The molecule has 0 amide bonds. The van der Waals surface area contributed by atoms with E-state index in [9.17, 15) is 4.21 Å². The molecule has 1 N–H and O–H groups in total. The lowest BCUT2D eigenvalue weighted by Gasteiger charge is -2.21. The molecule has 1 fully saturated rings. The van der Waals surface area contributed by atoms with E-state index in [1.54, 1.807) is 0 Å². The van der Waals surface area contributed by atoms with Crippen molar-refractivity contribution in [1.82, 2.24) is 5.32 Å². The van der Waals surface area contributed by atoms with E-state index in [0.717, 1.165) is 24.6 Å². The van der Waals surface area contributed by atoms with Crippen molar-refractivity contribution < 1.29 is 4.21 Å². The third-order valence-corrected chi connectivity index (χ3v) is 5.61. The number of hydrogen-bond acceptors (Lipinski definition) is 2. The van der Waals surface area contributed by atoms with E-state index in [-0.39, 0.29) is 0 Å². The molecule has 1 aliphatic carbocycles. The van der Waals surface area contributed by atoms with Crippen LogP contribution in [-0.2, 0) is 10.8 Å². The Morgan fingerprint density at radius 1 is 1.31 bits per heavy atom. The molecule has 1 saturated carbocycles. The highest BCUT2D eigenvalue weighted by Gasteiger charge is 2.32. The minimum absolute atomic E-state index is 0.324. The van der Waals surface area contributed by atoms with Crippen LogP contribution < -0.4 is 5.32 Å². The highest BCUT2D eigenvalue weighted by Crippen LogP contribution is 2.33. The number of nitrogens with one attached hydrogen (secondary N) is 1. The van der Waals surface area contributed by atoms with Crippen LogP contribution in [-0.4, -0.2) is 27.8 Å². The molecule has 0 aromatic heterocycles. The van der Waals surface area contributed by atoms with Gasteiger partial charge >= 0.3 is 0 Å².